The van der Waals surface area contributed by atoms with Crippen LogP contribution in [0.15, 0.2) is 12.1 Å². The van der Waals surface area contributed by atoms with Crippen molar-refractivity contribution in [1.82, 2.24) is 0 Å². The van der Waals surface area contributed by atoms with Crippen molar-refractivity contribution in [3.63, 3.8) is 0 Å². The molecule has 1 aromatic carbocycles. The van der Waals surface area contributed by atoms with Crippen LogP contribution in [0, 0.1) is 11.6 Å². The van der Waals surface area contributed by atoms with Crippen LogP contribution in [0.4, 0.5) is 20.2 Å². The molecule has 3 nitrogen and oxygen atoms in total. The fraction of sp³-hybridized carbons (Fsp3) is 0. The van der Waals surface area contributed by atoms with Gasteiger partial charge in [0, 0.05) is 6.07 Å². The van der Waals surface area contributed by atoms with Gasteiger partial charge in [0.05, 0.1) is 28.6 Å². The molecule has 0 aliphatic heterocycles. The molecule has 0 atom stereocenters. The van der Waals surface area contributed by atoms with Gasteiger partial charge in [-0.15, -0.1) is 0 Å². The normalized spacial score (nSPS) is 10.0. The first kappa shape index (κ1) is 9.46. The molecule has 0 radical (unpaired) electrons. The van der Waals surface area contributed by atoms with Crippen LogP contribution in [0.5, 0.6) is 0 Å². The van der Waals surface area contributed by atoms with E-state index in [0.717, 1.165) is 15.4 Å². The number of hydrazine groups is 1. The van der Waals surface area contributed by atoms with Gasteiger partial charge in [0.2, 0.25) is 0 Å². The van der Waals surface area contributed by atoms with Crippen LogP contribution in [-0.4, -0.2) is 0 Å². The van der Waals surface area contributed by atoms with Gasteiger partial charge in [-0.05, 0) is 6.07 Å². The summed E-state index contributed by atoms with van der Waals surface area (Å²) >= 11 is 1.62. The topological polar surface area (TPSA) is 55.3 Å². The van der Waals surface area contributed by atoms with Crippen molar-refractivity contribution in [3.05, 3.63) is 23.8 Å². The molecule has 0 fully saturated rings. The predicted octanol–water partition coefficient (Wildman–Crippen LogP) is 1.58. The number of nitrogen functional groups attached to an aromatic ring is 1. The summed E-state index contributed by atoms with van der Waals surface area (Å²) in [4.78, 5) is 0. The van der Waals surface area contributed by atoms with E-state index in [1.807, 2.05) is 0 Å². The number of anilines is 2. The molecule has 1 rings (SSSR count). The van der Waals surface area contributed by atoms with Crippen LogP contribution in [0.3, 0.4) is 0 Å². The Hall–Kier alpha value is -0.630. The monoisotopic (exact) mass is 285 g/mol. The fourth-order valence-electron chi connectivity index (χ4n) is 0.751. The molecule has 0 aliphatic carbocycles. The second-order valence-electron chi connectivity index (χ2n) is 2.14. The highest BCUT2D eigenvalue weighted by atomic mass is 127. The lowest BCUT2D eigenvalue weighted by molar-refractivity contribution is 0.605. The van der Waals surface area contributed by atoms with Crippen molar-refractivity contribution in [1.29, 1.82) is 0 Å². The summed E-state index contributed by atoms with van der Waals surface area (Å²) in [6.45, 7) is 0. The Morgan fingerprint density at radius 1 is 1.33 bits per heavy atom. The highest BCUT2D eigenvalue weighted by Gasteiger charge is 2.11. The van der Waals surface area contributed by atoms with Gasteiger partial charge in [-0.2, -0.15) is 0 Å². The molecular formula is C6H6F2IN3. The molecule has 12 heavy (non-hydrogen) atoms. The lowest BCUT2D eigenvalue weighted by atomic mass is 10.2. The minimum Gasteiger partial charge on any atom is -0.396 e. The van der Waals surface area contributed by atoms with Crippen molar-refractivity contribution in [2.24, 2.45) is 5.84 Å². The second-order valence-corrected chi connectivity index (χ2v) is 3.18. The number of rotatable bonds is 1. The minimum atomic E-state index is -0.715. The maximum atomic E-state index is 13.0. The maximum absolute atomic E-state index is 13.0. The average molecular weight is 285 g/mol. The van der Waals surface area contributed by atoms with E-state index in [1.165, 1.54) is 0 Å². The molecule has 0 heterocycles. The number of benzene rings is 1. The molecule has 0 saturated heterocycles. The van der Waals surface area contributed by atoms with E-state index >= 15 is 0 Å². The van der Waals surface area contributed by atoms with Crippen molar-refractivity contribution >= 4 is 34.2 Å². The molecule has 66 valence electrons. The lowest BCUT2D eigenvalue weighted by Crippen LogP contribution is -2.19. The molecule has 0 spiro atoms. The largest absolute Gasteiger partial charge is 0.396 e. The first-order valence-corrected chi connectivity index (χ1v) is 3.94. The van der Waals surface area contributed by atoms with E-state index in [1.54, 1.807) is 22.9 Å². The highest BCUT2D eigenvalue weighted by molar-refractivity contribution is 14.1. The van der Waals surface area contributed by atoms with Crippen molar-refractivity contribution in [3.8, 4) is 0 Å². The Labute approximate surface area is 81.8 Å². The number of halogens is 3. The molecule has 0 unspecified atom stereocenters. The van der Waals surface area contributed by atoms with Gasteiger partial charge in [0.1, 0.15) is 11.5 Å². The SMILES string of the molecule is Nc1cc(F)cc(N(N)I)c1F. The summed E-state index contributed by atoms with van der Waals surface area (Å²) in [6.07, 6.45) is 0. The summed E-state index contributed by atoms with van der Waals surface area (Å²) in [5.74, 6) is 3.88. The standard InChI is InChI=1S/C6H6F2IN3/c7-3-1-4(10)6(8)5(2-3)12(9)11/h1-2H,10-11H2. The van der Waals surface area contributed by atoms with E-state index in [4.69, 9.17) is 11.6 Å². The summed E-state index contributed by atoms with van der Waals surface area (Å²) in [7, 11) is 0. The van der Waals surface area contributed by atoms with E-state index in [2.05, 4.69) is 0 Å². The zero-order valence-electron chi connectivity index (χ0n) is 5.89. The Balaban J connectivity index is 3.28. The van der Waals surface area contributed by atoms with Gasteiger partial charge < -0.3 is 5.73 Å². The predicted molar refractivity (Wildman–Crippen MR) is 51.5 cm³/mol. The van der Waals surface area contributed by atoms with E-state index < -0.39 is 11.6 Å². The lowest BCUT2D eigenvalue weighted by Gasteiger charge is -2.11. The third-order valence-electron chi connectivity index (χ3n) is 1.28. The Bertz CT molecular complexity index is 303. The van der Waals surface area contributed by atoms with Gasteiger partial charge in [-0.1, -0.05) is 0 Å². The third kappa shape index (κ3) is 1.75. The molecule has 0 amide bonds. The van der Waals surface area contributed by atoms with Gasteiger partial charge in [-0.25, -0.2) is 17.8 Å². The van der Waals surface area contributed by atoms with Crippen LogP contribution in [0.1, 0.15) is 0 Å². The summed E-state index contributed by atoms with van der Waals surface area (Å²) in [5, 5.41) is 0. The first-order chi connectivity index (χ1) is 5.52. The maximum Gasteiger partial charge on any atom is 0.171 e. The molecule has 4 N–H and O–H groups in total. The third-order valence-corrected chi connectivity index (χ3v) is 1.80. The average Bonchev–Trinajstić information content (AvgIpc) is 1.96. The second kappa shape index (κ2) is 3.40. The van der Waals surface area contributed by atoms with Crippen LogP contribution in [0.2, 0.25) is 0 Å². The van der Waals surface area contributed by atoms with Crippen LogP contribution in [-0.2, 0) is 0 Å². The van der Waals surface area contributed by atoms with E-state index in [9.17, 15) is 8.78 Å². The van der Waals surface area contributed by atoms with Crippen LogP contribution < -0.4 is 14.8 Å². The van der Waals surface area contributed by atoms with Crippen molar-refractivity contribution in [2.45, 2.75) is 0 Å². The van der Waals surface area contributed by atoms with Crippen LogP contribution in [0.25, 0.3) is 0 Å². The highest BCUT2D eigenvalue weighted by Crippen LogP contribution is 2.25. The van der Waals surface area contributed by atoms with Crippen molar-refractivity contribution < 1.29 is 8.78 Å². The van der Waals surface area contributed by atoms with Gasteiger partial charge in [-0.3, -0.25) is 0 Å². The zero-order valence-corrected chi connectivity index (χ0v) is 8.05. The van der Waals surface area contributed by atoms with E-state index in [0.29, 0.717) is 0 Å². The molecular weight excluding hydrogens is 279 g/mol. The molecule has 0 aromatic heterocycles. The van der Waals surface area contributed by atoms with Crippen molar-refractivity contribution in [2.75, 3.05) is 8.96 Å². The van der Waals surface area contributed by atoms with Crippen LogP contribution >= 0.6 is 22.9 Å². The molecule has 0 aliphatic rings. The van der Waals surface area contributed by atoms with E-state index in [-0.39, 0.29) is 11.4 Å². The number of hydrogen-bond acceptors (Lipinski definition) is 3. The molecule has 6 heteroatoms. The minimum absolute atomic E-state index is 0.0758. The summed E-state index contributed by atoms with van der Waals surface area (Å²) in [5.41, 5.74) is 4.83. The number of nitrogens with zero attached hydrogens (tertiary/aromatic N) is 1. The Kier molecular flexibility index (Phi) is 2.68. The summed E-state index contributed by atoms with van der Waals surface area (Å²) < 4.78 is 26.6. The zero-order chi connectivity index (χ0) is 9.30. The Morgan fingerprint density at radius 3 is 2.42 bits per heavy atom. The fourth-order valence-corrected chi connectivity index (χ4v) is 1.10. The Morgan fingerprint density at radius 2 is 1.92 bits per heavy atom. The van der Waals surface area contributed by atoms with Gasteiger partial charge >= 0.3 is 0 Å². The summed E-state index contributed by atoms with van der Waals surface area (Å²) in [6, 6.07) is 1.87. The molecule has 0 saturated carbocycles. The molecule has 0 bridgehead atoms. The quantitative estimate of drug-likeness (QED) is 0.271. The van der Waals surface area contributed by atoms with Gasteiger partial charge in [0.25, 0.3) is 0 Å². The number of nitrogens with two attached hydrogens (primary N) is 2. The first-order valence-electron chi connectivity index (χ1n) is 2.97. The smallest absolute Gasteiger partial charge is 0.171 e. The van der Waals surface area contributed by atoms with Gasteiger partial charge in [0.15, 0.2) is 5.82 Å². The molecule has 1 aromatic rings. The number of hydrogen-bond donors (Lipinski definition) is 2.